The number of aryl methyl sites for hydroxylation is 1. The molecule has 2 aromatic carbocycles. The molecule has 2 heterocycles. The summed E-state index contributed by atoms with van der Waals surface area (Å²) in [4.78, 5) is 45.1. The van der Waals surface area contributed by atoms with Crippen LogP contribution in [0.25, 0.3) is 0 Å². The van der Waals surface area contributed by atoms with Crippen molar-refractivity contribution in [3.63, 3.8) is 0 Å². The first-order valence-electron chi connectivity index (χ1n) is 11.7. The van der Waals surface area contributed by atoms with Crippen LogP contribution < -0.4 is 5.32 Å². The molecule has 9 heteroatoms. The molecule has 1 unspecified atom stereocenters. The summed E-state index contributed by atoms with van der Waals surface area (Å²) < 4.78 is 0. The monoisotopic (exact) mass is 513 g/mol. The third kappa shape index (κ3) is 5.60. The first-order chi connectivity index (χ1) is 16.8. The molecule has 2 amide bonds. The van der Waals surface area contributed by atoms with Gasteiger partial charge in [-0.05, 0) is 51.3 Å². The molecule has 0 radical (unpaired) electrons. The Labute approximate surface area is 216 Å². The highest BCUT2D eigenvalue weighted by molar-refractivity contribution is 6.31. The van der Waals surface area contributed by atoms with Crippen LogP contribution in [0, 0.1) is 18.3 Å². The van der Waals surface area contributed by atoms with Gasteiger partial charge in [0.25, 0.3) is 11.8 Å². The highest BCUT2D eigenvalue weighted by atomic mass is 35.5. The number of nitrogens with one attached hydrogen (secondary N) is 1. The van der Waals surface area contributed by atoms with Crippen molar-refractivity contribution in [2.45, 2.75) is 53.6 Å². The van der Waals surface area contributed by atoms with Gasteiger partial charge in [0.2, 0.25) is 0 Å². The summed E-state index contributed by atoms with van der Waals surface area (Å²) in [6.45, 7) is 12.0. The minimum absolute atomic E-state index is 0.00687. The van der Waals surface area contributed by atoms with Gasteiger partial charge in [-0.25, -0.2) is 9.86 Å². The zero-order valence-electron chi connectivity index (χ0n) is 21.4. The third-order valence-corrected chi connectivity index (χ3v) is 6.85. The van der Waals surface area contributed by atoms with E-state index in [4.69, 9.17) is 16.4 Å². The van der Waals surface area contributed by atoms with E-state index in [1.165, 1.54) is 5.06 Å². The fourth-order valence-corrected chi connectivity index (χ4v) is 3.90. The largest absolute Gasteiger partial charge is 0.478 e. The van der Waals surface area contributed by atoms with E-state index in [0.29, 0.717) is 29.6 Å². The number of carbonyl (C=O) groups is 3. The van der Waals surface area contributed by atoms with Crippen LogP contribution in [0.3, 0.4) is 0 Å². The van der Waals surface area contributed by atoms with Gasteiger partial charge in [0.15, 0.2) is 0 Å². The highest BCUT2D eigenvalue weighted by Gasteiger charge is 2.42. The van der Waals surface area contributed by atoms with Gasteiger partial charge in [0.1, 0.15) is 11.4 Å². The summed E-state index contributed by atoms with van der Waals surface area (Å²) in [7, 11) is 0. The maximum Gasteiger partial charge on any atom is 0.336 e. The van der Waals surface area contributed by atoms with Crippen LogP contribution in [0.5, 0.6) is 0 Å². The molecule has 192 valence electrons. The first-order valence-corrected chi connectivity index (χ1v) is 12.1. The number of carbonyl (C=O) groups excluding carboxylic acids is 2. The Morgan fingerprint density at radius 2 is 1.86 bits per heavy atom. The van der Waals surface area contributed by atoms with E-state index in [-0.39, 0.29) is 23.3 Å². The number of halogens is 1. The molecule has 8 nitrogen and oxygen atoms in total. The van der Waals surface area contributed by atoms with Crippen LogP contribution >= 0.6 is 11.6 Å². The summed E-state index contributed by atoms with van der Waals surface area (Å²) >= 11 is 6.03. The molecule has 2 N–H and O–H groups in total. The van der Waals surface area contributed by atoms with Crippen LogP contribution in [0.1, 0.15) is 61.7 Å². The standard InChI is InChI=1S/C15H18N2O3.C12H14ClNO2/c1-8(2)15(4)14(20)16-12(17-15)10-6-5-9(3)7-11(10)13(18)19;1-12(2)8-16-14(11(12)15)7-9-5-3-4-6-10(9)13/h5-8H,1-4H3,(H,18,19)(H,16,17,20);3-6H,7-8H2,1-2H3. The van der Waals surface area contributed by atoms with E-state index >= 15 is 0 Å². The molecular formula is C27H32ClN3O5. The molecule has 2 aromatic rings. The zero-order chi connectivity index (χ0) is 26.8. The molecule has 0 bridgehead atoms. The predicted molar refractivity (Wildman–Crippen MR) is 138 cm³/mol. The molecule has 0 aliphatic carbocycles. The highest BCUT2D eigenvalue weighted by Crippen LogP contribution is 2.30. The Bertz CT molecular complexity index is 1220. The quantitative estimate of drug-likeness (QED) is 0.606. The Hall–Kier alpha value is -3.23. The number of hydrogen-bond acceptors (Lipinski definition) is 5. The van der Waals surface area contributed by atoms with E-state index in [1.807, 2.05) is 65.0 Å². The van der Waals surface area contributed by atoms with Gasteiger partial charge in [0, 0.05) is 10.6 Å². The lowest BCUT2D eigenvalue weighted by atomic mass is 9.89. The number of aliphatic imine (C=N–C) groups is 1. The van der Waals surface area contributed by atoms with Crippen molar-refractivity contribution in [1.82, 2.24) is 10.4 Å². The molecule has 0 aromatic heterocycles. The van der Waals surface area contributed by atoms with Crippen LogP contribution in [-0.2, 0) is 21.0 Å². The number of carboxylic acids is 1. The van der Waals surface area contributed by atoms with Crippen molar-refractivity contribution in [3.8, 4) is 0 Å². The van der Waals surface area contributed by atoms with Gasteiger partial charge in [-0.1, -0.05) is 61.3 Å². The third-order valence-electron chi connectivity index (χ3n) is 6.48. The van der Waals surface area contributed by atoms with Gasteiger partial charge in [-0.15, -0.1) is 0 Å². The van der Waals surface area contributed by atoms with E-state index in [2.05, 4.69) is 10.3 Å². The van der Waals surface area contributed by atoms with Gasteiger partial charge in [-0.3, -0.25) is 19.4 Å². The van der Waals surface area contributed by atoms with Crippen molar-refractivity contribution >= 4 is 35.2 Å². The smallest absolute Gasteiger partial charge is 0.336 e. The maximum absolute atomic E-state index is 12.1. The molecule has 1 atom stereocenters. The second-order valence-electron chi connectivity index (χ2n) is 10.2. The zero-order valence-corrected chi connectivity index (χ0v) is 22.1. The van der Waals surface area contributed by atoms with Gasteiger partial charge in [-0.2, -0.15) is 0 Å². The number of rotatable bonds is 5. The van der Waals surface area contributed by atoms with E-state index in [0.717, 1.165) is 11.1 Å². The fraction of sp³-hybridized carbons (Fsp3) is 0.407. The number of nitrogens with zero attached hydrogens (tertiary/aromatic N) is 2. The predicted octanol–water partition coefficient (Wildman–Crippen LogP) is 4.62. The minimum atomic E-state index is -1.03. The topological polar surface area (TPSA) is 108 Å². The second kappa shape index (κ2) is 10.4. The normalized spacial score (nSPS) is 20.7. The Morgan fingerprint density at radius 1 is 1.19 bits per heavy atom. The number of amidine groups is 1. The number of carboxylic acid groups (broad SMARTS) is 1. The van der Waals surface area contributed by atoms with Crippen LogP contribution in [0.4, 0.5) is 0 Å². The molecule has 2 aliphatic rings. The molecule has 2 aliphatic heterocycles. The van der Waals surface area contributed by atoms with Crippen molar-refractivity contribution in [3.05, 3.63) is 69.7 Å². The first kappa shape index (κ1) is 27.4. The molecule has 36 heavy (non-hydrogen) atoms. The summed E-state index contributed by atoms with van der Waals surface area (Å²) in [6, 6.07) is 12.5. The number of aromatic carboxylic acids is 1. The average molecular weight is 514 g/mol. The van der Waals surface area contributed by atoms with Gasteiger partial charge >= 0.3 is 5.97 Å². The SMILES string of the molecule is CC1(C)CON(Cc2ccccc2Cl)C1=O.Cc1ccc(C2=NC(C)(C(C)C)C(=O)N2)c(C(=O)O)c1. The van der Waals surface area contributed by atoms with Crippen LogP contribution in [0.2, 0.25) is 5.02 Å². The molecule has 0 saturated carbocycles. The van der Waals surface area contributed by atoms with Crippen LogP contribution in [0.15, 0.2) is 47.5 Å². The molecule has 1 saturated heterocycles. The maximum atomic E-state index is 12.1. The van der Waals surface area contributed by atoms with Gasteiger partial charge < -0.3 is 10.4 Å². The lowest BCUT2D eigenvalue weighted by Gasteiger charge is -2.21. The number of hydrogen-bond donors (Lipinski definition) is 2. The fourth-order valence-electron chi connectivity index (χ4n) is 3.70. The minimum Gasteiger partial charge on any atom is -0.478 e. The summed E-state index contributed by atoms with van der Waals surface area (Å²) in [5, 5.41) is 14.0. The molecular weight excluding hydrogens is 482 g/mol. The average Bonchev–Trinajstić information content (AvgIpc) is 3.26. The molecule has 4 rings (SSSR count). The lowest BCUT2D eigenvalue weighted by molar-refractivity contribution is -0.165. The van der Waals surface area contributed by atoms with Crippen molar-refractivity contribution in [2.24, 2.45) is 16.3 Å². The second-order valence-corrected chi connectivity index (χ2v) is 10.6. The number of hydroxylamine groups is 2. The van der Waals surface area contributed by atoms with E-state index in [9.17, 15) is 19.5 Å². The summed E-state index contributed by atoms with van der Waals surface area (Å²) in [6.07, 6.45) is 0. The van der Waals surface area contributed by atoms with E-state index in [1.54, 1.807) is 19.1 Å². The Kier molecular flexibility index (Phi) is 7.91. The van der Waals surface area contributed by atoms with Crippen LogP contribution in [-0.4, -0.2) is 45.9 Å². The molecule has 1 fully saturated rings. The Morgan fingerprint density at radius 3 is 2.39 bits per heavy atom. The number of amides is 2. The van der Waals surface area contributed by atoms with Crippen molar-refractivity contribution < 1.29 is 24.3 Å². The number of benzene rings is 2. The molecule has 0 spiro atoms. The van der Waals surface area contributed by atoms with Gasteiger partial charge in [0.05, 0.1) is 24.1 Å². The van der Waals surface area contributed by atoms with Crippen molar-refractivity contribution in [1.29, 1.82) is 0 Å². The summed E-state index contributed by atoms with van der Waals surface area (Å²) in [5.41, 5.74) is 1.06. The Balaban J connectivity index is 0.000000205. The van der Waals surface area contributed by atoms with Crippen molar-refractivity contribution in [2.75, 3.05) is 6.61 Å². The van der Waals surface area contributed by atoms with E-state index < -0.39 is 16.9 Å². The lowest BCUT2D eigenvalue weighted by Crippen LogP contribution is -2.41. The summed E-state index contributed by atoms with van der Waals surface area (Å²) in [5.74, 6) is -0.854.